The van der Waals surface area contributed by atoms with Crippen LogP contribution in [0.15, 0.2) is 0 Å². The van der Waals surface area contributed by atoms with Gasteiger partial charge in [0.1, 0.15) is 0 Å². The maximum Gasteiger partial charge on any atom is 0.412 e. The first-order valence-corrected chi connectivity index (χ1v) is 7.14. The number of hydrogen-bond donors (Lipinski definition) is 0. The monoisotopic (exact) mass is 324 g/mol. The minimum absolute atomic E-state index is 0.00244. The lowest BCUT2D eigenvalue weighted by atomic mass is 10.3. The van der Waals surface area contributed by atoms with E-state index in [-0.39, 0.29) is 17.7 Å². The summed E-state index contributed by atoms with van der Waals surface area (Å²) < 4.78 is 17.8. The van der Waals surface area contributed by atoms with Gasteiger partial charge in [-0.15, -0.1) is 0 Å². The van der Waals surface area contributed by atoms with Gasteiger partial charge < -0.3 is 14.5 Å². The van der Waals surface area contributed by atoms with Crippen molar-refractivity contribution in [1.82, 2.24) is 9.80 Å². The molecule has 0 aromatic heterocycles. The third-order valence-electron chi connectivity index (χ3n) is 2.75. The molecule has 0 aliphatic carbocycles. The smallest absolute Gasteiger partial charge is 0.412 e. The standard InChI is InChI=1S/C11H18BrFN2O3/c1-2-3-9(13)18-11(17)15-6-4-14(5-7-15)10(16)8-12/h9H,2-8H2,1H3. The Morgan fingerprint density at radius 3 is 2.33 bits per heavy atom. The molecule has 1 aliphatic heterocycles. The summed E-state index contributed by atoms with van der Waals surface area (Å²) in [5.74, 6) is -0.00244. The van der Waals surface area contributed by atoms with Crippen LogP contribution in [0, 0.1) is 0 Å². The lowest BCUT2D eigenvalue weighted by Gasteiger charge is -2.34. The van der Waals surface area contributed by atoms with Crippen molar-refractivity contribution in [1.29, 1.82) is 0 Å². The van der Waals surface area contributed by atoms with Crippen molar-refractivity contribution in [3.8, 4) is 0 Å². The lowest BCUT2D eigenvalue weighted by molar-refractivity contribution is -0.130. The summed E-state index contributed by atoms with van der Waals surface area (Å²) in [6.45, 7) is 3.52. The van der Waals surface area contributed by atoms with Crippen LogP contribution in [0.5, 0.6) is 0 Å². The second-order valence-corrected chi connectivity index (χ2v) is 4.64. The van der Waals surface area contributed by atoms with Gasteiger partial charge in [-0.2, -0.15) is 0 Å². The zero-order valence-corrected chi connectivity index (χ0v) is 12.0. The molecule has 1 heterocycles. The van der Waals surface area contributed by atoms with Gasteiger partial charge in [0.2, 0.25) is 12.3 Å². The molecule has 18 heavy (non-hydrogen) atoms. The number of ether oxygens (including phenoxy) is 1. The van der Waals surface area contributed by atoms with Gasteiger partial charge >= 0.3 is 6.09 Å². The van der Waals surface area contributed by atoms with Gasteiger partial charge in [-0.1, -0.05) is 22.9 Å². The highest BCUT2D eigenvalue weighted by Gasteiger charge is 2.25. The highest BCUT2D eigenvalue weighted by molar-refractivity contribution is 9.09. The minimum Gasteiger partial charge on any atom is -0.415 e. The fourth-order valence-corrected chi connectivity index (χ4v) is 2.05. The average Bonchev–Trinajstić information content (AvgIpc) is 2.38. The molecule has 0 radical (unpaired) electrons. The van der Waals surface area contributed by atoms with E-state index < -0.39 is 12.5 Å². The normalized spacial score (nSPS) is 17.5. The molecule has 7 heteroatoms. The molecule has 1 aliphatic rings. The van der Waals surface area contributed by atoms with E-state index in [0.29, 0.717) is 32.6 Å². The molecule has 104 valence electrons. The Labute approximate surface area is 114 Å². The van der Waals surface area contributed by atoms with E-state index in [4.69, 9.17) is 0 Å². The zero-order valence-electron chi connectivity index (χ0n) is 10.4. The Balaban J connectivity index is 2.33. The molecule has 1 unspecified atom stereocenters. The zero-order chi connectivity index (χ0) is 13.5. The molecule has 0 bridgehead atoms. The SMILES string of the molecule is CCCC(F)OC(=O)N1CCN(C(=O)CBr)CC1. The van der Waals surface area contributed by atoms with E-state index in [1.807, 2.05) is 6.92 Å². The van der Waals surface area contributed by atoms with E-state index in [1.165, 1.54) is 4.90 Å². The predicted molar refractivity (Wildman–Crippen MR) is 68.2 cm³/mol. The molecule has 0 saturated carbocycles. The van der Waals surface area contributed by atoms with Gasteiger partial charge in [0.25, 0.3) is 0 Å². The molecule has 1 fully saturated rings. The molecule has 5 nitrogen and oxygen atoms in total. The number of carbonyl (C=O) groups excluding carboxylic acids is 2. The number of hydrogen-bond acceptors (Lipinski definition) is 3. The van der Waals surface area contributed by atoms with Crippen molar-refractivity contribution in [3.63, 3.8) is 0 Å². The van der Waals surface area contributed by atoms with Crippen molar-refractivity contribution >= 4 is 27.9 Å². The average molecular weight is 325 g/mol. The summed E-state index contributed by atoms with van der Waals surface area (Å²) in [5, 5.41) is 0.278. The van der Waals surface area contributed by atoms with E-state index in [9.17, 15) is 14.0 Å². The lowest BCUT2D eigenvalue weighted by Crippen LogP contribution is -2.51. The molecule has 1 saturated heterocycles. The topological polar surface area (TPSA) is 49.9 Å². The fraction of sp³-hybridized carbons (Fsp3) is 0.818. The van der Waals surface area contributed by atoms with Crippen molar-refractivity contribution in [2.45, 2.75) is 26.1 Å². The summed E-state index contributed by atoms with van der Waals surface area (Å²) in [6, 6.07) is 0. The molecule has 1 rings (SSSR count). The summed E-state index contributed by atoms with van der Waals surface area (Å²) in [6.07, 6.45) is -1.33. The number of alkyl halides is 2. The molecule has 0 aromatic carbocycles. The Bertz CT molecular complexity index is 296. The van der Waals surface area contributed by atoms with Crippen molar-refractivity contribution in [2.75, 3.05) is 31.5 Å². The van der Waals surface area contributed by atoms with Crippen LogP contribution >= 0.6 is 15.9 Å². The number of carbonyl (C=O) groups is 2. The molecule has 0 aromatic rings. The Morgan fingerprint density at radius 2 is 1.83 bits per heavy atom. The number of rotatable bonds is 4. The van der Waals surface area contributed by atoms with Gasteiger partial charge in [0.15, 0.2) is 0 Å². The Kier molecular flexibility index (Phi) is 6.38. The van der Waals surface area contributed by atoms with Gasteiger partial charge in [-0.05, 0) is 6.42 Å². The van der Waals surface area contributed by atoms with Crippen LogP contribution in [0.4, 0.5) is 9.18 Å². The maximum absolute atomic E-state index is 13.1. The molecular weight excluding hydrogens is 307 g/mol. The van der Waals surface area contributed by atoms with Crippen LogP contribution in [0.2, 0.25) is 0 Å². The summed E-state index contributed by atoms with van der Waals surface area (Å²) in [4.78, 5) is 26.1. The van der Waals surface area contributed by atoms with E-state index >= 15 is 0 Å². The van der Waals surface area contributed by atoms with Gasteiger partial charge in [0, 0.05) is 32.6 Å². The van der Waals surface area contributed by atoms with E-state index in [2.05, 4.69) is 20.7 Å². The van der Waals surface area contributed by atoms with E-state index in [1.54, 1.807) is 4.90 Å². The van der Waals surface area contributed by atoms with Crippen LogP contribution in [-0.4, -0.2) is 59.7 Å². The first-order chi connectivity index (χ1) is 8.58. The largest absolute Gasteiger partial charge is 0.415 e. The van der Waals surface area contributed by atoms with Crippen molar-refractivity contribution in [3.05, 3.63) is 0 Å². The fourth-order valence-electron chi connectivity index (χ4n) is 1.69. The van der Waals surface area contributed by atoms with Gasteiger partial charge in [-0.3, -0.25) is 4.79 Å². The van der Waals surface area contributed by atoms with Crippen molar-refractivity contribution in [2.24, 2.45) is 0 Å². The molecular formula is C11H18BrFN2O3. The second-order valence-electron chi connectivity index (χ2n) is 4.08. The first kappa shape index (κ1) is 15.2. The molecule has 0 spiro atoms. The number of nitrogens with zero attached hydrogens (tertiary/aromatic N) is 2. The van der Waals surface area contributed by atoms with Gasteiger partial charge in [-0.25, -0.2) is 9.18 Å². The minimum atomic E-state index is -1.54. The third kappa shape index (κ3) is 4.44. The quantitative estimate of drug-likeness (QED) is 0.740. The second kappa shape index (κ2) is 7.56. The highest BCUT2D eigenvalue weighted by atomic mass is 79.9. The van der Waals surface area contributed by atoms with Crippen LogP contribution in [0.3, 0.4) is 0 Å². The van der Waals surface area contributed by atoms with Crippen molar-refractivity contribution < 1.29 is 18.7 Å². The van der Waals surface area contributed by atoms with Gasteiger partial charge in [0.05, 0.1) is 5.33 Å². The molecule has 0 N–H and O–H groups in total. The summed E-state index contributed by atoms with van der Waals surface area (Å²) >= 11 is 3.10. The summed E-state index contributed by atoms with van der Waals surface area (Å²) in [5.41, 5.74) is 0. The summed E-state index contributed by atoms with van der Waals surface area (Å²) in [7, 11) is 0. The van der Waals surface area contributed by atoms with Crippen LogP contribution < -0.4 is 0 Å². The molecule has 1 atom stereocenters. The third-order valence-corrected chi connectivity index (χ3v) is 3.23. The number of amides is 2. The maximum atomic E-state index is 13.1. The molecule has 2 amide bonds. The van der Waals surface area contributed by atoms with Crippen LogP contribution in [-0.2, 0) is 9.53 Å². The number of piperazine rings is 1. The first-order valence-electron chi connectivity index (χ1n) is 6.01. The Morgan fingerprint density at radius 1 is 1.28 bits per heavy atom. The van der Waals surface area contributed by atoms with Crippen LogP contribution in [0.25, 0.3) is 0 Å². The number of halogens is 2. The predicted octanol–water partition coefficient (Wildman–Crippen LogP) is 1.76. The highest BCUT2D eigenvalue weighted by Crippen LogP contribution is 2.09. The Hall–Kier alpha value is -0.850. The van der Waals surface area contributed by atoms with Crippen LogP contribution in [0.1, 0.15) is 19.8 Å². The van der Waals surface area contributed by atoms with E-state index in [0.717, 1.165) is 0 Å².